The average Bonchev–Trinajstić information content (AvgIpc) is 2.92. The molecule has 0 atom stereocenters. The van der Waals surface area contributed by atoms with Gasteiger partial charge in [-0.1, -0.05) is 31.2 Å². The minimum Gasteiger partial charge on any atom is -0.427 e. The third-order valence-corrected chi connectivity index (χ3v) is 4.15. The molecule has 1 aromatic carbocycles. The Hall–Kier alpha value is -1.81. The molecule has 0 unspecified atom stereocenters. The second-order valence-corrected chi connectivity index (χ2v) is 5.57. The summed E-state index contributed by atoms with van der Waals surface area (Å²) < 4.78 is 5.10. The number of carbonyl (C=O) groups excluding carboxylic acids is 2. The summed E-state index contributed by atoms with van der Waals surface area (Å²) in [6, 6.07) is 6.77. The van der Waals surface area contributed by atoms with E-state index in [-0.39, 0.29) is 11.1 Å². The Labute approximate surface area is 108 Å². The highest BCUT2D eigenvalue weighted by Crippen LogP contribution is 2.37. The molecule has 94 valence electrons. The van der Waals surface area contributed by atoms with E-state index in [2.05, 4.69) is 0 Å². The van der Waals surface area contributed by atoms with Gasteiger partial charge in [0.1, 0.15) is 5.75 Å². The number of allylic oxidation sites excluding steroid dienone is 2. The highest BCUT2D eigenvalue weighted by Gasteiger charge is 2.14. The van der Waals surface area contributed by atoms with Gasteiger partial charge in [-0.05, 0) is 22.9 Å². The first-order valence-corrected chi connectivity index (χ1v) is 7.17. The van der Waals surface area contributed by atoms with Gasteiger partial charge >= 0.3 is 5.97 Å². The lowest BCUT2D eigenvalue weighted by atomic mass is 10.2. The molecule has 0 spiro atoms. The first kappa shape index (κ1) is 12.6. The maximum atomic E-state index is 12.1. The van der Waals surface area contributed by atoms with Crippen LogP contribution in [0.25, 0.3) is 0 Å². The van der Waals surface area contributed by atoms with Crippen LogP contribution in [0, 0.1) is 0 Å². The van der Waals surface area contributed by atoms with Crippen molar-refractivity contribution >= 4 is 22.0 Å². The highest BCUT2D eigenvalue weighted by molar-refractivity contribution is 8.34. The molecule has 2 rings (SSSR count). The summed E-state index contributed by atoms with van der Waals surface area (Å²) in [5.74, 6) is 0.126. The van der Waals surface area contributed by atoms with Gasteiger partial charge in [-0.25, -0.2) is 0 Å². The zero-order chi connectivity index (χ0) is 13.0. The number of esters is 1. The van der Waals surface area contributed by atoms with E-state index in [4.69, 9.17) is 4.74 Å². The van der Waals surface area contributed by atoms with Crippen molar-refractivity contribution in [2.75, 3.05) is 0 Å². The van der Waals surface area contributed by atoms with E-state index < -0.39 is 10.9 Å². The number of hydrogen-bond donors (Lipinski definition) is 1. The monoisotopic (exact) mass is 262 g/mol. The van der Waals surface area contributed by atoms with Gasteiger partial charge in [0, 0.05) is 12.0 Å². The van der Waals surface area contributed by atoms with Gasteiger partial charge in [0.25, 0.3) is 0 Å². The standard InChI is InChI=1S/C14H14O3S/c1-2-13(15)17-12-7-5-6-11(10-12)14(16)18-8-3-4-9-18/h3-10,18H,2H2,1H3. The fraction of sp³-hybridized carbons (Fsp3) is 0.143. The van der Waals surface area contributed by atoms with Crippen molar-refractivity contribution in [3.8, 4) is 5.75 Å². The van der Waals surface area contributed by atoms with Crippen molar-refractivity contribution < 1.29 is 14.3 Å². The number of thiol groups is 1. The normalized spacial score (nSPS) is 14.8. The van der Waals surface area contributed by atoms with Crippen LogP contribution in [0.5, 0.6) is 5.75 Å². The predicted octanol–water partition coefficient (Wildman–Crippen LogP) is 3.18. The van der Waals surface area contributed by atoms with Crippen LogP contribution >= 0.6 is 10.9 Å². The van der Waals surface area contributed by atoms with E-state index in [1.165, 1.54) is 0 Å². The number of benzene rings is 1. The summed E-state index contributed by atoms with van der Waals surface area (Å²) in [6.07, 6.45) is 4.07. The number of carbonyl (C=O) groups is 2. The Morgan fingerprint density at radius 2 is 1.94 bits per heavy atom. The molecular weight excluding hydrogens is 248 g/mol. The van der Waals surface area contributed by atoms with Crippen LogP contribution in [0.4, 0.5) is 0 Å². The van der Waals surface area contributed by atoms with E-state index in [1.54, 1.807) is 31.2 Å². The molecule has 0 radical (unpaired) electrons. The second kappa shape index (κ2) is 5.69. The summed E-state index contributed by atoms with van der Waals surface area (Å²) in [5.41, 5.74) is 0.582. The van der Waals surface area contributed by atoms with Crippen LogP contribution < -0.4 is 4.74 Å². The number of ether oxygens (including phenoxy) is 1. The van der Waals surface area contributed by atoms with E-state index in [1.807, 2.05) is 23.0 Å². The Kier molecular flexibility index (Phi) is 3.99. The van der Waals surface area contributed by atoms with Crippen molar-refractivity contribution in [1.29, 1.82) is 0 Å². The van der Waals surface area contributed by atoms with Gasteiger partial charge in [0.05, 0.1) is 0 Å². The van der Waals surface area contributed by atoms with Crippen LogP contribution in [0.2, 0.25) is 0 Å². The molecule has 0 saturated carbocycles. The maximum absolute atomic E-state index is 12.1. The number of hydrogen-bond acceptors (Lipinski definition) is 3. The fourth-order valence-electron chi connectivity index (χ4n) is 1.52. The van der Waals surface area contributed by atoms with E-state index >= 15 is 0 Å². The van der Waals surface area contributed by atoms with Gasteiger partial charge in [0.2, 0.25) is 5.12 Å². The second-order valence-electron chi connectivity index (χ2n) is 3.75. The molecule has 1 aromatic rings. The van der Waals surface area contributed by atoms with Crippen molar-refractivity contribution in [2.24, 2.45) is 0 Å². The molecule has 0 aromatic heterocycles. The van der Waals surface area contributed by atoms with Crippen LogP contribution in [-0.4, -0.2) is 11.1 Å². The van der Waals surface area contributed by atoms with E-state index in [9.17, 15) is 9.59 Å². The average molecular weight is 262 g/mol. The maximum Gasteiger partial charge on any atom is 0.310 e. The van der Waals surface area contributed by atoms with Crippen molar-refractivity contribution in [2.45, 2.75) is 13.3 Å². The Balaban J connectivity index is 2.16. The molecule has 1 heterocycles. The largest absolute Gasteiger partial charge is 0.427 e. The predicted molar refractivity (Wildman–Crippen MR) is 74.0 cm³/mol. The molecule has 0 saturated heterocycles. The third-order valence-electron chi connectivity index (χ3n) is 2.44. The molecule has 0 amide bonds. The van der Waals surface area contributed by atoms with Crippen molar-refractivity contribution in [3.05, 3.63) is 52.8 Å². The third kappa shape index (κ3) is 2.90. The summed E-state index contributed by atoms with van der Waals surface area (Å²) >= 11 is 0. The lowest BCUT2D eigenvalue weighted by Crippen LogP contribution is -2.06. The Morgan fingerprint density at radius 3 is 2.61 bits per heavy atom. The minimum atomic E-state index is -0.859. The molecule has 1 aliphatic rings. The van der Waals surface area contributed by atoms with E-state index in [0.717, 1.165) is 0 Å². The Morgan fingerprint density at radius 1 is 1.22 bits per heavy atom. The highest BCUT2D eigenvalue weighted by atomic mass is 32.2. The first-order valence-electron chi connectivity index (χ1n) is 5.69. The number of rotatable bonds is 3. The summed E-state index contributed by atoms with van der Waals surface area (Å²) in [5, 5.41) is 3.88. The summed E-state index contributed by atoms with van der Waals surface area (Å²) in [7, 11) is -0.859. The fourth-order valence-corrected chi connectivity index (χ4v) is 2.89. The topological polar surface area (TPSA) is 43.4 Å². The first-order chi connectivity index (χ1) is 8.70. The van der Waals surface area contributed by atoms with Gasteiger partial charge in [-0.3, -0.25) is 9.59 Å². The lowest BCUT2D eigenvalue weighted by Gasteiger charge is -2.09. The van der Waals surface area contributed by atoms with Crippen LogP contribution in [-0.2, 0) is 4.79 Å². The zero-order valence-electron chi connectivity index (χ0n) is 10.00. The van der Waals surface area contributed by atoms with Crippen LogP contribution in [0.1, 0.15) is 23.7 Å². The van der Waals surface area contributed by atoms with Gasteiger partial charge in [-0.2, -0.15) is 0 Å². The Bertz CT molecular complexity index is 520. The van der Waals surface area contributed by atoms with Gasteiger partial charge in [-0.15, -0.1) is 10.9 Å². The molecule has 0 aliphatic carbocycles. The van der Waals surface area contributed by atoms with E-state index in [0.29, 0.717) is 17.7 Å². The van der Waals surface area contributed by atoms with Crippen LogP contribution in [0.3, 0.4) is 0 Å². The zero-order valence-corrected chi connectivity index (χ0v) is 10.9. The van der Waals surface area contributed by atoms with Crippen molar-refractivity contribution in [3.63, 3.8) is 0 Å². The molecular formula is C14H14O3S. The van der Waals surface area contributed by atoms with Crippen LogP contribution in [0.15, 0.2) is 47.2 Å². The van der Waals surface area contributed by atoms with Gasteiger partial charge < -0.3 is 4.74 Å². The van der Waals surface area contributed by atoms with Crippen molar-refractivity contribution in [1.82, 2.24) is 0 Å². The molecule has 0 fully saturated rings. The molecule has 4 heteroatoms. The molecule has 3 nitrogen and oxygen atoms in total. The lowest BCUT2D eigenvalue weighted by molar-refractivity contribution is -0.134. The molecule has 18 heavy (non-hydrogen) atoms. The molecule has 0 N–H and O–H groups in total. The smallest absolute Gasteiger partial charge is 0.310 e. The summed E-state index contributed by atoms with van der Waals surface area (Å²) in [4.78, 5) is 23.3. The molecule has 0 bridgehead atoms. The quantitative estimate of drug-likeness (QED) is 0.517. The SMILES string of the molecule is CCC(=O)Oc1cccc(C(=O)[SH]2C=CC=C2)c1. The van der Waals surface area contributed by atoms with Gasteiger partial charge in [0.15, 0.2) is 0 Å². The minimum absolute atomic E-state index is 0.0735. The summed E-state index contributed by atoms with van der Waals surface area (Å²) in [6.45, 7) is 1.73. The molecule has 1 aliphatic heterocycles.